The molecule has 0 unspecified atom stereocenters. The van der Waals surface area contributed by atoms with Crippen molar-refractivity contribution in [1.82, 2.24) is 4.98 Å². The molecule has 0 bridgehead atoms. The largest absolute Gasteiger partial charge is 0.444 e. The number of nitrogens with zero attached hydrogens (tertiary/aromatic N) is 1. The van der Waals surface area contributed by atoms with E-state index in [0.29, 0.717) is 5.82 Å². The predicted molar refractivity (Wildman–Crippen MR) is 75.4 cm³/mol. The molecule has 0 aromatic carbocycles. The highest BCUT2D eigenvalue weighted by Crippen LogP contribution is 2.30. The standard InChI is InChI=1S/C13H16N2O3S/c1-13(2,3)18-12(17)15-11-9-6-8(7-16)19-10(9)4-5-14-11/h4-6,16H,7H2,1-3H3,(H,14,15,17). The molecule has 0 atom stereocenters. The van der Waals surface area contributed by atoms with Gasteiger partial charge in [0.1, 0.15) is 11.4 Å². The number of carbonyl (C=O) groups excluding carboxylic acids is 1. The van der Waals surface area contributed by atoms with Crippen LogP contribution in [0.1, 0.15) is 25.6 Å². The van der Waals surface area contributed by atoms with E-state index in [2.05, 4.69) is 10.3 Å². The minimum atomic E-state index is -0.553. The molecule has 1 amide bonds. The Bertz CT molecular complexity index is 601. The molecule has 0 spiro atoms. The molecule has 2 aromatic heterocycles. The zero-order valence-electron chi connectivity index (χ0n) is 11.1. The van der Waals surface area contributed by atoms with E-state index in [1.54, 1.807) is 27.0 Å². The lowest BCUT2D eigenvalue weighted by atomic mass is 10.2. The Hall–Kier alpha value is -1.66. The number of aliphatic hydroxyl groups is 1. The first-order chi connectivity index (χ1) is 8.89. The summed E-state index contributed by atoms with van der Waals surface area (Å²) in [7, 11) is 0. The first kappa shape index (κ1) is 13.8. The van der Waals surface area contributed by atoms with Crippen molar-refractivity contribution in [1.29, 1.82) is 0 Å². The maximum absolute atomic E-state index is 11.7. The number of anilines is 1. The third-order valence-electron chi connectivity index (χ3n) is 2.27. The van der Waals surface area contributed by atoms with E-state index in [-0.39, 0.29) is 6.61 Å². The van der Waals surface area contributed by atoms with Gasteiger partial charge in [0.25, 0.3) is 0 Å². The maximum Gasteiger partial charge on any atom is 0.413 e. The first-order valence-electron chi connectivity index (χ1n) is 5.87. The summed E-state index contributed by atoms with van der Waals surface area (Å²) in [5.74, 6) is 0.447. The average Bonchev–Trinajstić information content (AvgIpc) is 2.70. The second kappa shape index (κ2) is 5.14. The lowest BCUT2D eigenvalue weighted by molar-refractivity contribution is 0.0635. The number of ether oxygens (including phenoxy) is 1. The monoisotopic (exact) mass is 280 g/mol. The lowest BCUT2D eigenvalue weighted by Crippen LogP contribution is -2.27. The van der Waals surface area contributed by atoms with Crippen molar-refractivity contribution < 1.29 is 14.6 Å². The van der Waals surface area contributed by atoms with Crippen LogP contribution in [0.2, 0.25) is 0 Å². The molecule has 2 rings (SSSR count). The normalized spacial score (nSPS) is 11.6. The number of nitrogens with one attached hydrogen (secondary N) is 1. The fraction of sp³-hybridized carbons (Fsp3) is 0.385. The Morgan fingerprint density at radius 3 is 2.89 bits per heavy atom. The summed E-state index contributed by atoms with van der Waals surface area (Å²) in [4.78, 5) is 16.7. The van der Waals surface area contributed by atoms with Gasteiger partial charge in [-0.1, -0.05) is 0 Å². The number of hydrogen-bond acceptors (Lipinski definition) is 5. The third-order valence-corrected chi connectivity index (χ3v) is 3.36. The van der Waals surface area contributed by atoms with Gasteiger partial charge in [0.2, 0.25) is 0 Å². The van der Waals surface area contributed by atoms with Crippen LogP contribution >= 0.6 is 11.3 Å². The summed E-state index contributed by atoms with van der Waals surface area (Å²) in [5, 5.41) is 12.6. The van der Waals surface area contributed by atoms with E-state index in [1.807, 2.05) is 12.1 Å². The van der Waals surface area contributed by atoms with Gasteiger partial charge in [0.05, 0.1) is 6.61 Å². The van der Waals surface area contributed by atoms with E-state index in [4.69, 9.17) is 9.84 Å². The molecule has 5 nitrogen and oxygen atoms in total. The molecule has 0 radical (unpaired) electrons. The highest BCUT2D eigenvalue weighted by molar-refractivity contribution is 7.19. The highest BCUT2D eigenvalue weighted by Gasteiger charge is 2.17. The van der Waals surface area contributed by atoms with Gasteiger partial charge in [-0.3, -0.25) is 5.32 Å². The van der Waals surface area contributed by atoms with Crippen LogP contribution in [0.15, 0.2) is 18.3 Å². The van der Waals surface area contributed by atoms with E-state index in [1.165, 1.54) is 11.3 Å². The van der Waals surface area contributed by atoms with Gasteiger partial charge < -0.3 is 9.84 Å². The second-order valence-electron chi connectivity index (χ2n) is 5.07. The van der Waals surface area contributed by atoms with Crippen molar-refractivity contribution in [2.24, 2.45) is 0 Å². The van der Waals surface area contributed by atoms with Gasteiger partial charge in [-0.25, -0.2) is 9.78 Å². The predicted octanol–water partition coefficient (Wildman–Crippen LogP) is 3.14. The Kier molecular flexibility index (Phi) is 3.73. The molecule has 6 heteroatoms. The van der Waals surface area contributed by atoms with E-state index in [9.17, 15) is 4.79 Å². The van der Waals surface area contributed by atoms with Crippen LogP contribution in [0.25, 0.3) is 10.1 Å². The Morgan fingerprint density at radius 1 is 1.53 bits per heavy atom. The van der Waals surface area contributed by atoms with Crippen LogP contribution in [0.5, 0.6) is 0 Å². The van der Waals surface area contributed by atoms with Crippen molar-refractivity contribution in [3.63, 3.8) is 0 Å². The number of aromatic nitrogens is 1. The van der Waals surface area contributed by atoms with Gasteiger partial charge >= 0.3 is 6.09 Å². The van der Waals surface area contributed by atoms with Crippen molar-refractivity contribution in [3.05, 3.63) is 23.2 Å². The minimum absolute atomic E-state index is 0.0226. The fourth-order valence-electron chi connectivity index (χ4n) is 1.59. The lowest BCUT2D eigenvalue weighted by Gasteiger charge is -2.19. The number of rotatable bonds is 2. The van der Waals surface area contributed by atoms with E-state index >= 15 is 0 Å². The van der Waals surface area contributed by atoms with Gasteiger partial charge in [-0.05, 0) is 32.9 Å². The molecule has 0 aliphatic heterocycles. The summed E-state index contributed by atoms with van der Waals surface area (Å²) in [6.07, 6.45) is 1.08. The second-order valence-corrected chi connectivity index (χ2v) is 6.24. The summed E-state index contributed by atoms with van der Waals surface area (Å²) < 4.78 is 6.15. The molecule has 2 heterocycles. The average molecular weight is 280 g/mol. The van der Waals surface area contributed by atoms with Crippen molar-refractivity contribution in [2.75, 3.05) is 5.32 Å². The molecule has 19 heavy (non-hydrogen) atoms. The summed E-state index contributed by atoms with van der Waals surface area (Å²) in [6, 6.07) is 3.67. The molecule has 0 fully saturated rings. The SMILES string of the molecule is CC(C)(C)OC(=O)Nc1nccc2sc(CO)cc12. The van der Waals surface area contributed by atoms with Gasteiger partial charge in [-0.2, -0.15) is 0 Å². The van der Waals surface area contributed by atoms with Gasteiger partial charge in [0, 0.05) is 21.2 Å². The van der Waals surface area contributed by atoms with E-state index in [0.717, 1.165) is 15.0 Å². The highest BCUT2D eigenvalue weighted by atomic mass is 32.1. The molecule has 102 valence electrons. The number of thiophene rings is 1. The van der Waals surface area contributed by atoms with Gasteiger partial charge in [-0.15, -0.1) is 11.3 Å². The van der Waals surface area contributed by atoms with Crippen LogP contribution in [0.4, 0.5) is 10.6 Å². The summed E-state index contributed by atoms with van der Waals surface area (Å²) >= 11 is 1.47. The molecule has 0 saturated heterocycles. The smallest absolute Gasteiger partial charge is 0.413 e. The van der Waals surface area contributed by atoms with Crippen molar-refractivity contribution >= 4 is 33.3 Å². The van der Waals surface area contributed by atoms with Crippen LogP contribution in [-0.4, -0.2) is 21.8 Å². The number of aliphatic hydroxyl groups excluding tert-OH is 1. The molecule has 0 aliphatic carbocycles. The topological polar surface area (TPSA) is 71.5 Å². The Balaban J connectivity index is 2.25. The van der Waals surface area contributed by atoms with Crippen molar-refractivity contribution in [2.45, 2.75) is 33.0 Å². The zero-order valence-corrected chi connectivity index (χ0v) is 11.9. The number of pyridine rings is 1. The molecule has 2 N–H and O–H groups in total. The zero-order chi connectivity index (χ0) is 14.0. The third kappa shape index (κ3) is 3.42. The quantitative estimate of drug-likeness (QED) is 0.886. The number of fused-ring (bicyclic) bond motifs is 1. The van der Waals surface area contributed by atoms with Crippen LogP contribution in [0, 0.1) is 0 Å². The number of carbonyl (C=O) groups is 1. The minimum Gasteiger partial charge on any atom is -0.444 e. The molecule has 2 aromatic rings. The summed E-state index contributed by atoms with van der Waals surface area (Å²) in [6.45, 7) is 5.38. The number of hydrogen-bond donors (Lipinski definition) is 2. The number of amides is 1. The maximum atomic E-state index is 11.7. The van der Waals surface area contributed by atoms with Gasteiger partial charge in [0.15, 0.2) is 0 Å². The van der Waals surface area contributed by atoms with Crippen LogP contribution < -0.4 is 5.32 Å². The Morgan fingerprint density at radius 2 is 2.26 bits per heavy atom. The Labute approximate surface area is 115 Å². The summed E-state index contributed by atoms with van der Waals surface area (Å²) in [5.41, 5.74) is -0.553. The molecular formula is C13H16N2O3S. The van der Waals surface area contributed by atoms with Crippen molar-refractivity contribution in [3.8, 4) is 0 Å². The van der Waals surface area contributed by atoms with E-state index < -0.39 is 11.7 Å². The molecule has 0 saturated carbocycles. The molecular weight excluding hydrogens is 264 g/mol. The fourth-order valence-corrected chi connectivity index (χ4v) is 2.51. The molecule has 0 aliphatic rings. The first-order valence-corrected chi connectivity index (χ1v) is 6.69. The van der Waals surface area contributed by atoms with Crippen LogP contribution in [0.3, 0.4) is 0 Å². The van der Waals surface area contributed by atoms with Crippen LogP contribution in [-0.2, 0) is 11.3 Å².